The molecule has 0 aliphatic heterocycles. The maximum Gasteiger partial charge on any atom is 0.220 e. The van der Waals surface area contributed by atoms with Crippen LogP contribution in [0.15, 0.2) is 0 Å². The van der Waals surface area contributed by atoms with Crippen molar-refractivity contribution >= 4 is 5.91 Å². The lowest BCUT2D eigenvalue weighted by molar-refractivity contribution is -0.123. The molecule has 76 valence electrons. The van der Waals surface area contributed by atoms with Gasteiger partial charge in [0.15, 0.2) is 0 Å². The van der Waals surface area contributed by atoms with E-state index in [0.717, 1.165) is 12.5 Å². The largest absolute Gasteiger partial charge is 0.356 e. The van der Waals surface area contributed by atoms with Gasteiger partial charge in [-0.3, -0.25) is 4.79 Å². The second-order valence-electron chi connectivity index (χ2n) is 5.34. The molecule has 0 aromatic carbocycles. The van der Waals surface area contributed by atoms with E-state index in [9.17, 15) is 4.79 Å². The molecule has 0 radical (unpaired) electrons. The molecular formula is C11H21NO. The lowest BCUT2D eigenvalue weighted by Gasteiger charge is -2.26. The molecule has 2 heteroatoms. The Hall–Kier alpha value is -0.530. The van der Waals surface area contributed by atoms with Crippen molar-refractivity contribution in [2.45, 2.75) is 46.5 Å². The van der Waals surface area contributed by atoms with Crippen molar-refractivity contribution in [1.82, 2.24) is 5.32 Å². The Bertz CT molecular complexity index is 177. The molecular weight excluding hydrogens is 162 g/mol. The zero-order valence-corrected chi connectivity index (χ0v) is 9.02. The van der Waals surface area contributed by atoms with Crippen molar-refractivity contribution < 1.29 is 4.79 Å². The molecule has 2 nitrogen and oxygen atoms in total. The molecule has 1 N–H and O–H groups in total. The first-order chi connectivity index (χ1) is 5.97. The Morgan fingerprint density at radius 1 is 1.38 bits per heavy atom. The molecule has 1 fully saturated rings. The normalized spacial score (nSPS) is 18.1. The highest BCUT2D eigenvalue weighted by molar-refractivity contribution is 5.76. The van der Waals surface area contributed by atoms with Crippen molar-refractivity contribution in [2.75, 3.05) is 6.54 Å². The standard InChI is InChI=1S/C11H21NO/c1-11(2,3)7-10(13)12-8-9-5-4-6-9/h9H,4-8H2,1-3H3,(H,12,13). The molecule has 1 amide bonds. The summed E-state index contributed by atoms with van der Waals surface area (Å²) in [6.07, 6.45) is 4.59. The summed E-state index contributed by atoms with van der Waals surface area (Å²) >= 11 is 0. The van der Waals surface area contributed by atoms with Crippen molar-refractivity contribution in [3.05, 3.63) is 0 Å². The fourth-order valence-electron chi connectivity index (χ4n) is 1.50. The highest BCUT2D eigenvalue weighted by atomic mass is 16.1. The summed E-state index contributed by atoms with van der Waals surface area (Å²) < 4.78 is 0. The minimum atomic E-state index is 0.115. The van der Waals surface area contributed by atoms with Crippen molar-refractivity contribution in [3.63, 3.8) is 0 Å². The molecule has 0 atom stereocenters. The minimum absolute atomic E-state index is 0.115. The van der Waals surface area contributed by atoms with E-state index in [1.54, 1.807) is 0 Å². The van der Waals surface area contributed by atoms with Crippen LogP contribution in [0.1, 0.15) is 46.5 Å². The van der Waals surface area contributed by atoms with Crippen molar-refractivity contribution in [2.24, 2.45) is 11.3 Å². The van der Waals surface area contributed by atoms with Gasteiger partial charge in [-0.15, -0.1) is 0 Å². The van der Waals surface area contributed by atoms with Gasteiger partial charge in [0.05, 0.1) is 0 Å². The summed E-state index contributed by atoms with van der Waals surface area (Å²) in [4.78, 5) is 11.4. The van der Waals surface area contributed by atoms with E-state index in [4.69, 9.17) is 0 Å². The van der Waals surface area contributed by atoms with Crippen LogP contribution >= 0.6 is 0 Å². The highest BCUT2D eigenvalue weighted by Crippen LogP contribution is 2.25. The number of nitrogens with one attached hydrogen (secondary N) is 1. The quantitative estimate of drug-likeness (QED) is 0.715. The van der Waals surface area contributed by atoms with Crippen LogP contribution in [0.2, 0.25) is 0 Å². The topological polar surface area (TPSA) is 29.1 Å². The monoisotopic (exact) mass is 183 g/mol. The van der Waals surface area contributed by atoms with Crippen LogP contribution < -0.4 is 5.32 Å². The summed E-state index contributed by atoms with van der Waals surface area (Å²) in [5.74, 6) is 0.975. The maximum absolute atomic E-state index is 11.4. The van der Waals surface area contributed by atoms with Crippen LogP contribution in [-0.4, -0.2) is 12.5 Å². The lowest BCUT2D eigenvalue weighted by Crippen LogP contribution is -2.34. The Morgan fingerprint density at radius 2 is 2.00 bits per heavy atom. The van der Waals surface area contributed by atoms with Crippen LogP contribution in [0.25, 0.3) is 0 Å². The van der Waals surface area contributed by atoms with E-state index >= 15 is 0 Å². The number of carbonyl (C=O) groups excluding carboxylic acids is 1. The average Bonchev–Trinajstić information content (AvgIpc) is 1.78. The summed E-state index contributed by atoms with van der Waals surface area (Å²) in [5.41, 5.74) is 0.115. The predicted molar refractivity (Wildman–Crippen MR) is 54.4 cm³/mol. The second kappa shape index (κ2) is 4.12. The second-order valence-corrected chi connectivity index (χ2v) is 5.34. The van der Waals surface area contributed by atoms with Crippen LogP contribution in [0, 0.1) is 11.3 Å². The molecule has 0 saturated heterocycles. The third-order valence-electron chi connectivity index (χ3n) is 2.50. The maximum atomic E-state index is 11.4. The average molecular weight is 183 g/mol. The van der Waals surface area contributed by atoms with Crippen molar-refractivity contribution in [3.8, 4) is 0 Å². The minimum Gasteiger partial charge on any atom is -0.356 e. The number of rotatable bonds is 3. The molecule has 0 heterocycles. The molecule has 13 heavy (non-hydrogen) atoms. The van der Waals surface area contributed by atoms with Crippen molar-refractivity contribution in [1.29, 1.82) is 0 Å². The summed E-state index contributed by atoms with van der Waals surface area (Å²) in [6.45, 7) is 7.18. The first-order valence-electron chi connectivity index (χ1n) is 5.24. The van der Waals surface area contributed by atoms with E-state index < -0.39 is 0 Å². The van der Waals surface area contributed by atoms with Gasteiger partial charge < -0.3 is 5.32 Å². The third-order valence-corrected chi connectivity index (χ3v) is 2.50. The molecule has 0 spiro atoms. The van der Waals surface area contributed by atoms with E-state index in [-0.39, 0.29) is 11.3 Å². The van der Waals surface area contributed by atoms with Gasteiger partial charge in [0.2, 0.25) is 5.91 Å². The molecule has 0 bridgehead atoms. The van der Waals surface area contributed by atoms with Crippen LogP contribution in [0.3, 0.4) is 0 Å². The predicted octanol–water partition coefficient (Wildman–Crippen LogP) is 2.34. The lowest BCUT2D eigenvalue weighted by atomic mass is 9.85. The van der Waals surface area contributed by atoms with Crippen LogP contribution in [-0.2, 0) is 4.79 Å². The van der Waals surface area contributed by atoms with Gasteiger partial charge in [-0.2, -0.15) is 0 Å². The first-order valence-corrected chi connectivity index (χ1v) is 5.24. The number of hydrogen-bond donors (Lipinski definition) is 1. The van der Waals surface area contributed by atoms with Gasteiger partial charge in [0, 0.05) is 13.0 Å². The fraction of sp³-hybridized carbons (Fsp3) is 0.909. The van der Waals surface area contributed by atoms with E-state index in [1.807, 2.05) is 0 Å². The molecule has 1 aliphatic rings. The van der Waals surface area contributed by atoms with Gasteiger partial charge in [0.25, 0.3) is 0 Å². The number of amides is 1. The van der Waals surface area contributed by atoms with Gasteiger partial charge in [-0.05, 0) is 24.2 Å². The number of hydrogen-bond acceptors (Lipinski definition) is 1. The first kappa shape index (κ1) is 10.6. The zero-order valence-electron chi connectivity index (χ0n) is 9.02. The zero-order chi connectivity index (χ0) is 9.90. The Morgan fingerprint density at radius 3 is 2.38 bits per heavy atom. The summed E-state index contributed by atoms with van der Waals surface area (Å²) in [7, 11) is 0. The smallest absolute Gasteiger partial charge is 0.220 e. The SMILES string of the molecule is CC(C)(C)CC(=O)NCC1CCC1. The molecule has 0 aromatic rings. The van der Waals surface area contributed by atoms with E-state index in [0.29, 0.717) is 6.42 Å². The Kier molecular flexibility index (Phi) is 3.34. The molecule has 1 rings (SSSR count). The Balaban J connectivity index is 2.10. The molecule has 1 aliphatic carbocycles. The fourth-order valence-corrected chi connectivity index (χ4v) is 1.50. The van der Waals surface area contributed by atoms with Gasteiger partial charge in [-0.25, -0.2) is 0 Å². The van der Waals surface area contributed by atoms with E-state index in [2.05, 4.69) is 26.1 Å². The Labute approximate surface area is 81.1 Å². The van der Waals surface area contributed by atoms with Gasteiger partial charge in [0.1, 0.15) is 0 Å². The molecule has 1 saturated carbocycles. The summed E-state index contributed by atoms with van der Waals surface area (Å²) in [6, 6.07) is 0. The highest BCUT2D eigenvalue weighted by Gasteiger charge is 2.20. The molecule has 0 unspecified atom stereocenters. The van der Waals surface area contributed by atoms with Crippen LogP contribution in [0.5, 0.6) is 0 Å². The molecule has 0 aromatic heterocycles. The summed E-state index contributed by atoms with van der Waals surface area (Å²) in [5, 5.41) is 3.00. The number of carbonyl (C=O) groups is 1. The van der Waals surface area contributed by atoms with Crippen LogP contribution in [0.4, 0.5) is 0 Å². The van der Waals surface area contributed by atoms with E-state index in [1.165, 1.54) is 19.3 Å². The van der Waals surface area contributed by atoms with Gasteiger partial charge >= 0.3 is 0 Å². The third kappa shape index (κ3) is 4.30. The van der Waals surface area contributed by atoms with Gasteiger partial charge in [-0.1, -0.05) is 27.2 Å².